The Morgan fingerprint density at radius 1 is 1.38 bits per heavy atom. The SMILES string of the molecule is Cc1cccc(C2(CCN)CS(=O)(=O)C2)c1. The van der Waals surface area contributed by atoms with E-state index in [0.29, 0.717) is 6.54 Å². The second-order valence-corrected chi connectivity index (χ2v) is 6.79. The molecule has 0 radical (unpaired) electrons. The summed E-state index contributed by atoms with van der Waals surface area (Å²) in [6.45, 7) is 2.55. The molecule has 88 valence electrons. The van der Waals surface area contributed by atoms with Gasteiger partial charge in [-0.3, -0.25) is 0 Å². The van der Waals surface area contributed by atoms with Crippen LogP contribution in [0.4, 0.5) is 0 Å². The van der Waals surface area contributed by atoms with Crippen molar-refractivity contribution in [1.29, 1.82) is 0 Å². The highest BCUT2D eigenvalue weighted by Crippen LogP contribution is 2.39. The van der Waals surface area contributed by atoms with Crippen molar-refractivity contribution < 1.29 is 8.42 Å². The molecular formula is C12H17NO2S. The lowest BCUT2D eigenvalue weighted by Crippen LogP contribution is -2.53. The minimum Gasteiger partial charge on any atom is -0.330 e. The van der Waals surface area contributed by atoms with E-state index in [4.69, 9.17) is 5.73 Å². The Kier molecular flexibility index (Phi) is 2.80. The van der Waals surface area contributed by atoms with Gasteiger partial charge in [-0.2, -0.15) is 0 Å². The molecule has 0 aromatic heterocycles. The molecule has 0 spiro atoms. The summed E-state index contributed by atoms with van der Waals surface area (Å²) >= 11 is 0. The minimum absolute atomic E-state index is 0.223. The molecule has 0 aliphatic carbocycles. The van der Waals surface area contributed by atoms with Gasteiger partial charge in [0.2, 0.25) is 0 Å². The molecule has 2 rings (SSSR count). The van der Waals surface area contributed by atoms with Gasteiger partial charge in [0, 0.05) is 5.41 Å². The fraction of sp³-hybridized carbons (Fsp3) is 0.500. The Morgan fingerprint density at radius 3 is 2.56 bits per heavy atom. The summed E-state index contributed by atoms with van der Waals surface area (Å²) in [5.74, 6) is 0.501. The van der Waals surface area contributed by atoms with Crippen LogP contribution in [0.2, 0.25) is 0 Å². The van der Waals surface area contributed by atoms with Gasteiger partial charge in [0.05, 0.1) is 11.5 Å². The monoisotopic (exact) mass is 239 g/mol. The highest BCUT2D eigenvalue weighted by molar-refractivity contribution is 7.93. The molecule has 0 unspecified atom stereocenters. The van der Waals surface area contributed by atoms with E-state index in [1.807, 2.05) is 25.1 Å². The number of benzene rings is 1. The fourth-order valence-electron chi connectivity index (χ4n) is 2.51. The third kappa shape index (κ3) is 1.99. The summed E-state index contributed by atoms with van der Waals surface area (Å²) in [7, 11) is -2.83. The fourth-order valence-corrected chi connectivity index (χ4v) is 4.73. The van der Waals surface area contributed by atoms with E-state index >= 15 is 0 Å². The molecule has 1 fully saturated rings. The van der Waals surface area contributed by atoms with E-state index in [1.165, 1.54) is 0 Å². The quantitative estimate of drug-likeness (QED) is 0.856. The van der Waals surface area contributed by atoms with E-state index in [-0.39, 0.29) is 16.9 Å². The van der Waals surface area contributed by atoms with E-state index in [0.717, 1.165) is 17.5 Å². The third-order valence-electron chi connectivity index (χ3n) is 3.25. The van der Waals surface area contributed by atoms with Crippen LogP contribution >= 0.6 is 0 Å². The largest absolute Gasteiger partial charge is 0.330 e. The van der Waals surface area contributed by atoms with Gasteiger partial charge in [-0.05, 0) is 25.5 Å². The molecule has 1 saturated heterocycles. The number of sulfone groups is 1. The number of rotatable bonds is 3. The van der Waals surface area contributed by atoms with Gasteiger partial charge < -0.3 is 5.73 Å². The normalized spacial score (nSPS) is 21.4. The predicted molar refractivity (Wildman–Crippen MR) is 65.2 cm³/mol. The number of aryl methyl sites for hydroxylation is 1. The van der Waals surface area contributed by atoms with E-state index in [9.17, 15) is 8.42 Å². The van der Waals surface area contributed by atoms with Crippen LogP contribution < -0.4 is 5.73 Å². The molecule has 1 aromatic carbocycles. The maximum atomic E-state index is 11.4. The van der Waals surface area contributed by atoms with Crippen molar-refractivity contribution in [2.45, 2.75) is 18.8 Å². The Labute approximate surface area is 96.6 Å². The van der Waals surface area contributed by atoms with Crippen LogP contribution in [0.5, 0.6) is 0 Å². The van der Waals surface area contributed by atoms with E-state index < -0.39 is 9.84 Å². The third-order valence-corrected chi connectivity index (χ3v) is 5.23. The first kappa shape index (κ1) is 11.6. The summed E-state index contributed by atoms with van der Waals surface area (Å²) in [6, 6.07) is 8.09. The molecule has 1 aliphatic rings. The average molecular weight is 239 g/mol. The molecule has 0 amide bonds. The summed E-state index contributed by atoms with van der Waals surface area (Å²) in [4.78, 5) is 0. The molecule has 0 bridgehead atoms. The second-order valence-electron chi connectivity index (χ2n) is 4.72. The van der Waals surface area contributed by atoms with Crippen molar-refractivity contribution in [3.63, 3.8) is 0 Å². The van der Waals surface area contributed by atoms with Crippen molar-refractivity contribution in [2.24, 2.45) is 5.73 Å². The number of hydrogen-bond acceptors (Lipinski definition) is 3. The summed E-state index contributed by atoms with van der Waals surface area (Å²) in [5.41, 5.74) is 7.65. The summed E-state index contributed by atoms with van der Waals surface area (Å²) < 4.78 is 22.8. The highest BCUT2D eigenvalue weighted by Gasteiger charge is 2.48. The topological polar surface area (TPSA) is 60.2 Å². The highest BCUT2D eigenvalue weighted by atomic mass is 32.2. The van der Waals surface area contributed by atoms with Gasteiger partial charge in [-0.1, -0.05) is 29.8 Å². The standard InChI is InChI=1S/C12H17NO2S/c1-10-3-2-4-11(7-10)12(5-6-13)8-16(14,15)9-12/h2-4,7H,5-6,8-9,13H2,1H3. The Morgan fingerprint density at radius 2 is 2.06 bits per heavy atom. The molecule has 3 nitrogen and oxygen atoms in total. The Hall–Kier alpha value is -0.870. The van der Waals surface area contributed by atoms with Crippen LogP contribution in [-0.2, 0) is 15.3 Å². The molecule has 1 heterocycles. The molecule has 4 heteroatoms. The van der Waals surface area contributed by atoms with Crippen LogP contribution in [0.15, 0.2) is 24.3 Å². The maximum Gasteiger partial charge on any atom is 0.152 e. The van der Waals surface area contributed by atoms with Gasteiger partial charge in [0.15, 0.2) is 9.84 Å². The smallest absolute Gasteiger partial charge is 0.152 e. The lowest BCUT2D eigenvalue weighted by atomic mass is 9.80. The molecule has 1 aromatic rings. The van der Waals surface area contributed by atoms with Gasteiger partial charge in [0.1, 0.15) is 0 Å². The maximum absolute atomic E-state index is 11.4. The Balaban J connectivity index is 2.35. The number of hydrogen-bond donors (Lipinski definition) is 1. The molecule has 2 N–H and O–H groups in total. The summed E-state index contributed by atoms with van der Waals surface area (Å²) in [5, 5.41) is 0. The molecule has 16 heavy (non-hydrogen) atoms. The predicted octanol–water partition coefficient (Wildman–Crippen LogP) is 1.01. The lowest BCUT2D eigenvalue weighted by Gasteiger charge is -2.41. The molecule has 0 atom stereocenters. The minimum atomic E-state index is -2.83. The van der Waals surface area contributed by atoms with Gasteiger partial charge in [0.25, 0.3) is 0 Å². The van der Waals surface area contributed by atoms with Crippen molar-refractivity contribution in [2.75, 3.05) is 18.1 Å². The van der Waals surface area contributed by atoms with Crippen LogP contribution in [0.1, 0.15) is 17.5 Å². The zero-order valence-electron chi connectivity index (χ0n) is 9.44. The average Bonchev–Trinajstić information content (AvgIpc) is 2.15. The molecule has 0 saturated carbocycles. The second kappa shape index (κ2) is 3.86. The van der Waals surface area contributed by atoms with Gasteiger partial charge >= 0.3 is 0 Å². The first-order chi connectivity index (χ1) is 7.47. The van der Waals surface area contributed by atoms with Gasteiger partial charge in [-0.25, -0.2) is 8.42 Å². The van der Waals surface area contributed by atoms with Crippen LogP contribution in [-0.4, -0.2) is 26.5 Å². The van der Waals surface area contributed by atoms with E-state index in [1.54, 1.807) is 0 Å². The van der Waals surface area contributed by atoms with Crippen LogP contribution in [0, 0.1) is 6.92 Å². The van der Waals surface area contributed by atoms with Crippen molar-refractivity contribution in [3.05, 3.63) is 35.4 Å². The molecular weight excluding hydrogens is 222 g/mol. The van der Waals surface area contributed by atoms with Crippen molar-refractivity contribution in [3.8, 4) is 0 Å². The van der Waals surface area contributed by atoms with Crippen molar-refractivity contribution >= 4 is 9.84 Å². The first-order valence-electron chi connectivity index (χ1n) is 5.45. The van der Waals surface area contributed by atoms with Crippen molar-refractivity contribution in [1.82, 2.24) is 0 Å². The van der Waals surface area contributed by atoms with Crippen LogP contribution in [0.25, 0.3) is 0 Å². The Bertz CT molecular complexity index is 481. The zero-order valence-corrected chi connectivity index (χ0v) is 10.3. The first-order valence-corrected chi connectivity index (χ1v) is 7.27. The molecule has 1 aliphatic heterocycles. The lowest BCUT2D eigenvalue weighted by molar-refractivity contribution is 0.433. The van der Waals surface area contributed by atoms with E-state index in [2.05, 4.69) is 6.07 Å². The summed E-state index contributed by atoms with van der Waals surface area (Å²) in [6.07, 6.45) is 0.746. The van der Waals surface area contributed by atoms with Gasteiger partial charge in [-0.15, -0.1) is 0 Å². The number of nitrogens with two attached hydrogens (primary N) is 1. The zero-order chi connectivity index (χ0) is 11.8. The van der Waals surface area contributed by atoms with Crippen LogP contribution in [0.3, 0.4) is 0 Å².